The zero-order chi connectivity index (χ0) is 19.7. The van der Waals surface area contributed by atoms with E-state index in [1.165, 1.54) is 0 Å². The number of hydrogen-bond acceptors (Lipinski definition) is 5. The van der Waals surface area contributed by atoms with Crippen molar-refractivity contribution < 1.29 is 23.9 Å². The van der Waals surface area contributed by atoms with Crippen LogP contribution in [0.4, 0.5) is 0 Å². The van der Waals surface area contributed by atoms with Crippen molar-refractivity contribution >= 4 is 31.5 Å². The molecule has 5 nitrogen and oxygen atoms in total. The van der Waals surface area contributed by atoms with Gasteiger partial charge in [0.25, 0.3) is 0 Å². The molecule has 6 heteroatoms. The van der Waals surface area contributed by atoms with Crippen LogP contribution < -0.4 is 5.19 Å². The van der Waals surface area contributed by atoms with Crippen molar-refractivity contribution in [3.05, 3.63) is 30.3 Å². The molecule has 1 rings (SSSR count). The summed E-state index contributed by atoms with van der Waals surface area (Å²) in [5.74, 6) is -2.72. The third kappa shape index (κ3) is 5.03. The zero-order valence-electron chi connectivity index (χ0n) is 16.4. The number of hydrogen-bond donors (Lipinski definition) is 0. The molecule has 144 valence electrons. The van der Waals surface area contributed by atoms with E-state index in [4.69, 9.17) is 9.47 Å². The highest BCUT2D eigenvalue weighted by molar-refractivity contribution is 6.91. The SMILES string of the molecule is CCOC(=O)C(C(=O)OCC)[C@@H]([C@H](C=O)CC)[Si](C)(C)c1ccccc1. The van der Waals surface area contributed by atoms with Crippen LogP contribution >= 0.6 is 0 Å². The predicted molar refractivity (Wildman–Crippen MR) is 104 cm³/mol. The minimum Gasteiger partial charge on any atom is -0.465 e. The average molecular weight is 379 g/mol. The smallest absolute Gasteiger partial charge is 0.320 e. The van der Waals surface area contributed by atoms with E-state index >= 15 is 0 Å². The van der Waals surface area contributed by atoms with Crippen LogP contribution in [0.25, 0.3) is 0 Å². The Kier molecular flexibility index (Phi) is 8.71. The van der Waals surface area contributed by atoms with Crippen LogP contribution in [0.2, 0.25) is 18.6 Å². The lowest BCUT2D eigenvalue weighted by Crippen LogP contribution is -2.54. The Morgan fingerprint density at radius 2 is 1.50 bits per heavy atom. The van der Waals surface area contributed by atoms with Crippen LogP contribution in [0.3, 0.4) is 0 Å². The number of aldehydes is 1. The van der Waals surface area contributed by atoms with Gasteiger partial charge in [-0.3, -0.25) is 9.59 Å². The summed E-state index contributed by atoms with van der Waals surface area (Å²) in [6.07, 6.45) is 1.42. The van der Waals surface area contributed by atoms with Crippen molar-refractivity contribution in [1.29, 1.82) is 0 Å². The number of rotatable bonds is 10. The lowest BCUT2D eigenvalue weighted by molar-refractivity contribution is -0.162. The van der Waals surface area contributed by atoms with Crippen molar-refractivity contribution in [2.45, 2.75) is 45.8 Å². The van der Waals surface area contributed by atoms with Gasteiger partial charge in [-0.25, -0.2) is 0 Å². The van der Waals surface area contributed by atoms with Gasteiger partial charge in [0, 0.05) is 5.92 Å². The quantitative estimate of drug-likeness (QED) is 0.271. The molecule has 1 aromatic rings. The highest BCUT2D eigenvalue weighted by Gasteiger charge is 2.50. The fourth-order valence-electron chi connectivity index (χ4n) is 3.55. The third-order valence-corrected chi connectivity index (χ3v) is 9.15. The molecule has 0 saturated heterocycles. The van der Waals surface area contributed by atoms with Gasteiger partial charge in [0.15, 0.2) is 5.92 Å². The van der Waals surface area contributed by atoms with Crippen LogP contribution in [0, 0.1) is 11.8 Å². The van der Waals surface area contributed by atoms with Gasteiger partial charge < -0.3 is 14.3 Å². The number of benzene rings is 1. The van der Waals surface area contributed by atoms with Crippen LogP contribution in [0.1, 0.15) is 27.2 Å². The topological polar surface area (TPSA) is 69.7 Å². The largest absolute Gasteiger partial charge is 0.465 e. The Hall–Kier alpha value is -1.95. The molecule has 0 amide bonds. The van der Waals surface area contributed by atoms with Crippen molar-refractivity contribution in [3.8, 4) is 0 Å². The maximum absolute atomic E-state index is 12.7. The number of esters is 2. The Morgan fingerprint density at radius 3 is 1.88 bits per heavy atom. The molecule has 0 unspecified atom stereocenters. The van der Waals surface area contributed by atoms with Gasteiger partial charge in [-0.05, 0) is 25.8 Å². The van der Waals surface area contributed by atoms with Crippen molar-refractivity contribution in [2.24, 2.45) is 11.8 Å². The first-order valence-electron chi connectivity index (χ1n) is 9.19. The fraction of sp³-hybridized carbons (Fsp3) is 0.550. The van der Waals surface area contributed by atoms with Gasteiger partial charge in [-0.1, -0.05) is 55.5 Å². The van der Waals surface area contributed by atoms with Gasteiger partial charge >= 0.3 is 11.9 Å². The lowest BCUT2D eigenvalue weighted by atomic mass is 9.92. The maximum atomic E-state index is 12.7. The molecule has 0 bridgehead atoms. The molecule has 1 aromatic carbocycles. The van der Waals surface area contributed by atoms with E-state index in [0.29, 0.717) is 6.42 Å². The van der Waals surface area contributed by atoms with E-state index in [1.807, 2.05) is 37.3 Å². The van der Waals surface area contributed by atoms with Gasteiger partial charge in [0.2, 0.25) is 0 Å². The summed E-state index contributed by atoms with van der Waals surface area (Å²) in [5.41, 5.74) is -0.439. The second-order valence-electron chi connectivity index (χ2n) is 6.80. The van der Waals surface area contributed by atoms with Crippen LogP contribution in [0.15, 0.2) is 30.3 Å². The van der Waals surface area contributed by atoms with Crippen LogP contribution in [0.5, 0.6) is 0 Å². The van der Waals surface area contributed by atoms with E-state index < -0.39 is 37.4 Å². The molecule has 0 aliphatic carbocycles. The minimum atomic E-state index is -2.39. The van der Waals surface area contributed by atoms with E-state index in [2.05, 4.69) is 13.1 Å². The highest BCUT2D eigenvalue weighted by atomic mass is 28.3. The molecule has 0 N–H and O–H groups in total. The van der Waals surface area contributed by atoms with Crippen molar-refractivity contribution in [3.63, 3.8) is 0 Å². The summed E-state index contributed by atoms with van der Waals surface area (Å²) in [5, 5.41) is 1.09. The van der Waals surface area contributed by atoms with Gasteiger partial charge in [0.1, 0.15) is 6.29 Å². The Balaban J connectivity index is 3.51. The Bertz CT molecular complexity index is 581. The van der Waals surface area contributed by atoms with Gasteiger partial charge in [0.05, 0.1) is 21.3 Å². The molecule has 0 aromatic heterocycles. The van der Waals surface area contributed by atoms with Crippen LogP contribution in [-0.4, -0.2) is 39.5 Å². The molecule has 0 radical (unpaired) electrons. The summed E-state index contributed by atoms with van der Waals surface area (Å²) in [7, 11) is -2.39. The predicted octanol–water partition coefficient (Wildman–Crippen LogP) is 2.94. The Morgan fingerprint density at radius 1 is 1.00 bits per heavy atom. The molecular weight excluding hydrogens is 348 g/mol. The summed E-state index contributed by atoms with van der Waals surface area (Å²) < 4.78 is 10.4. The number of ether oxygens (including phenoxy) is 2. The van der Waals surface area contributed by atoms with E-state index in [9.17, 15) is 14.4 Å². The molecule has 0 aliphatic rings. The summed E-state index contributed by atoms with van der Waals surface area (Å²) >= 11 is 0. The molecule has 0 spiro atoms. The molecule has 26 heavy (non-hydrogen) atoms. The maximum Gasteiger partial charge on any atom is 0.320 e. The fourth-order valence-corrected chi connectivity index (χ4v) is 7.47. The van der Waals surface area contributed by atoms with Crippen molar-refractivity contribution in [2.75, 3.05) is 13.2 Å². The first-order chi connectivity index (χ1) is 12.3. The monoisotopic (exact) mass is 378 g/mol. The standard InChI is InChI=1S/C20H30O5Si/c1-6-15(14-21)18(26(4,5)16-12-10-9-11-13-16)17(19(22)24-7-2)20(23)25-8-3/h9-15,17-18H,6-8H2,1-5H3/t15-,18+/m0/s1. The van der Waals surface area contributed by atoms with Gasteiger partial charge in [-0.2, -0.15) is 0 Å². The summed E-state index contributed by atoms with van der Waals surface area (Å²) in [6.45, 7) is 9.82. The van der Waals surface area contributed by atoms with E-state index in [0.717, 1.165) is 11.5 Å². The minimum absolute atomic E-state index is 0.173. The highest BCUT2D eigenvalue weighted by Crippen LogP contribution is 2.39. The average Bonchev–Trinajstić information content (AvgIpc) is 2.63. The first kappa shape index (κ1) is 22.1. The van der Waals surface area contributed by atoms with Gasteiger partial charge in [-0.15, -0.1) is 0 Å². The molecule has 2 atom stereocenters. The normalized spacial score (nSPS) is 13.8. The third-order valence-electron chi connectivity index (χ3n) is 4.90. The molecule has 0 fully saturated rings. The lowest BCUT2D eigenvalue weighted by Gasteiger charge is -2.39. The first-order valence-corrected chi connectivity index (χ1v) is 12.3. The summed E-state index contributed by atoms with van der Waals surface area (Å²) in [6, 6.07) is 9.81. The number of carbonyl (C=O) groups excluding carboxylic acids is 3. The Labute approximate surface area is 157 Å². The molecular formula is C20H30O5Si. The molecule has 0 aliphatic heterocycles. The van der Waals surface area contributed by atoms with E-state index in [1.54, 1.807) is 13.8 Å². The second kappa shape index (κ2) is 10.3. The summed E-state index contributed by atoms with van der Waals surface area (Å²) in [4.78, 5) is 37.2. The second-order valence-corrected chi connectivity index (χ2v) is 11.5. The van der Waals surface area contributed by atoms with Crippen molar-refractivity contribution in [1.82, 2.24) is 0 Å². The van der Waals surface area contributed by atoms with E-state index in [-0.39, 0.29) is 13.2 Å². The molecule has 0 saturated carbocycles. The van der Waals surface area contributed by atoms with Crippen LogP contribution in [-0.2, 0) is 23.9 Å². The zero-order valence-corrected chi connectivity index (χ0v) is 17.4. The molecule has 0 heterocycles. The number of carbonyl (C=O) groups is 3.